The van der Waals surface area contributed by atoms with E-state index in [0.717, 1.165) is 13.1 Å². The van der Waals surface area contributed by atoms with E-state index in [1.54, 1.807) is 30.3 Å². The fraction of sp³-hybridized carbons (Fsp3) is 0.409. The van der Waals surface area contributed by atoms with Crippen LogP contribution in [-0.2, 0) is 0 Å². The number of H-pyrrole nitrogens is 1. The minimum atomic E-state index is -1.13. The van der Waals surface area contributed by atoms with E-state index in [0.29, 0.717) is 40.9 Å². The number of likely N-dealkylation sites (tertiary alicyclic amines) is 1. The molecule has 0 unspecified atom stereocenters. The minimum Gasteiger partial charge on any atom is -0.345 e. The lowest BCUT2D eigenvalue weighted by Gasteiger charge is -2.35. The number of aromatic amines is 1. The normalized spacial score (nSPS) is 20.0. The predicted octanol–water partition coefficient (Wildman–Crippen LogP) is 3.56. The van der Waals surface area contributed by atoms with Crippen LogP contribution in [0.3, 0.4) is 0 Å². The number of nitrogens with zero attached hydrogens (tertiary/aromatic N) is 3. The van der Waals surface area contributed by atoms with Gasteiger partial charge in [-0.25, -0.2) is 9.37 Å². The summed E-state index contributed by atoms with van der Waals surface area (Å²) < 4.78 is 28.7. The number of halogens is 2. The van der Waals surface area contributed by atoms with Crippen LogP contribution in [-0.4, -0.2) is 57.8 Å². The molecule has 0 spiro atoms. The van der Waals surface area contributed by atoms with Gasteiger partial charge >= 0.3 is 0 Å². The number of fused-ring (bicyclic) bond motifs is 1. The average Bonchev–Trinajstić information content (AvgIpc) is 3.13. The number of carbonyl (C=O) groups excluding carboxylic acids is 1. The molecule has 4 rings (SSSR count). The van der Waals surface area contributed by atoms with Gasteiger partial charge in [-0.1, -0.05) is 19.9 Å². The van der Waals surface area contributed by atoms with Crippen molar-refractivity contribution in [2.24, 2.45) is 5.92 Å². The monoisotopic (exact) mass is 413 g/mol. The van der Waals surface area contributed by atoms with Gasteiger partial charge in [-0.05, 0) is 42.2 Å². The van der Waals surface area contributed by atoms with E-state index in [9.17, 15) is 13.6 Å². The summed E-state index contributed by atoms with van der Waals surface area (Å²) in [6.07, 6.45) is 0.800. The molecule has 1 fully saturated rings. The van der Waals surface area contributed by atoms with Crippen LogP contribution in [0.5, 0.6) is 0 Å². The highest BCUT2D eigenvalue weighted by Crippen LogP contribution is 2.27. The molecule has 3 aromatic rings. The molecule has 1 aromatic carbocycles. The summed E-state index contributed by atoms with van der Waals surface area (Å²) in [4.78, 5) is 18.6. The van der Waals surface area contributed by atoms with Crippen molar-refractivity contribution in [2.75, 3.05) is 19.6 Å². The zero-order valence-electron chi connectivity index (χ0n) is 17.0. The van der Waals surface area contributed by atoms with Crippen LogP contribution in [0.1, 0.15) is 30.8 Å². The van der Waals surface area contributed by atoms with Gasteiger partial charge in [-0.3, -0.25) is 9.89 Å². The molecule has 1 saturated heterocycles. The molecule has 1 aliphatic rings. The van der Waals surface area contributed by atoms with Crippen LogP contribution >= 0.6 is 0 Å². The molecule has 2 aromatic heterocycles. The van der Waals surface area contributed by atoms with E-state index in [1.165, 1.54) is 6.20 Å². The lowest BCUT2D eigenvalue weighted by Crippen LogP contribution is -2.53. The van der Waals surface area contributed by atoms with Crippen molar-refractivity contribution in [3.63, 3.8) is 0 Å². The molecule has 1 amide bonds. The maximum atomic E-state index is 14.7. The fourth-order valence-electron chi connectivity index (χ4n) is 4.01. The van der Waals surface area contributed by atoms with Crippen molar-refractivity contribution in [1.82, 2.24) is 25.4 Å². The molecule has 0 saturated carbocycles. The van der Waals surface area contributed by atoms with Crippen molar-refractivity contribution in [3.8, 4) is 11.1 Å². The van der Waals surface area contributed by atoms with E-state index in [2.05, 4.69) is 39.2 Å². The summed E-state index contributed by atoms with van der Waals surface area (Å²) >= 11 is 0. The van der Waals surface area contributed by atoms with Crippen LogP contribution in [0, 0.1) is 11.9 Å². The van der Waals surface area contributed by atoms with E-state index in [1.807, 2.05) is 0 Å². The van der Waals surface area contributed by atoms with Gasteiger partial charge < -0.3 is 10.2 Å². The molecular weight excluding hydrogens is 388 g/mol. The van der Waals surface area contributed by atoms with Crippen molar-refractivity contribution in [3.05, 3.63) is 48.2 Å². The molecule has 1 aliphatic heterocycles. The molecule has 2 atom stereocenters. The number of pyridine rings is 1. The molecule has 0 radical (unpaired) electrons. The highest BCUT2D eigenvalue weighted by molar-refractivity contribution is 6.05. The number of amides is 1. The Kier molecular flexibility index (Phi) is 5.76. The lowest BCUT2D eigenvalue weighted by molar-refractivity contribution is 0.0748. The SMILES string of the molecule is CC(C)CN1CC[C@@H](NC(=O)c2n[nH]c3ccc(-c4cccnc4F)cc23)[C@@H](F)C1. The highest BCUT2D eigenvalue weighted by Gasteiger charge is 2.31. The molecule has 30 heavy (non-hydrogen) atoms. The molecular formula is C22H25F2N5O. The topological polar surface area (TPSA) is 73.9 Å². The van der Waals surface area contributed by atoms with E-state index in [-0.39, 0.29) is 5.69 Å². The Hall–Kier alpha value is -2.87. The second kappa shape index (κ2) is 8.47. The van der Waals surface area contributed by atoms with Crippen LogP contribution in [0.2, 0.25) is 0 Å². The Labute approximate surface area is 173 Å². The number of nitrogens with one attached hydrogen (secondary N) is 2. The van der Waals surface area contributed by atoms with Gasteiger partial charge in [0.05, 0.1) is 11.6 Å². The lowest BCUT2D eigenvalue weighted by atomic mass is 10.0. The summed E-state index contributed by atoms with van der Waals surface area (Å²) in [5.74, 6) is -0.549. The molecule has 2 N–H and O–H groups in total. The van der Waals surface area contributed by atoms with Gasteiger partial charge in [0.25, 0.3) is 5.91 Å². The quantitative estimate of drug-likeness (QED) is 0.628. The highest BCUT2D eigenvalue weighted by atomic mass is 19.1. The van der Waals surface area contributed by atoms with Gasteiger partial charge in [0.15, 0.2) is 5.69 Å². The van der Waals surface area contributed by atoms with Gasteiger partial charge in [-0.2, -0.15) is 9.49 Å². The third kappa shape index (κ3) is 4.18. The maximum absolute atomic E-state index is 14.7. The molecule has 0 bridgehead atoms. The number of hydrogen-bond donors (Lipinski definition) is 2. The Bertz CT molecular complexity index is 1050. The summed E-state index contributed by atoms with van der Waals surface area (Å²) in [6.45, 7) is 6.12. The second-order valence-electron chi connectivity index (χ2n) is 8.21. The third-order valence-corrected chi connectivity index (χ3v) is 5.41. The van der Waals surface area contributed by atoms with Crippen LogP contribution in [0.15, 0.2) is 36.5 Å². The van der Waals surface area contributed by atoms with E-state index < -0.39 is 24.1 Å². The summed E-state index contributed by atoms with van der Waals surface area (Å²) in [5.41, 5.74) is 1.76. The van der Waals surface area contributed by atoms with Gasteiger partial charge in [0.1, 0.15) is 6.17 Å². The van der Waals surface area contributed by atoms with Crippen LogP contribution in [0.25, 0.3) is 22.0 Å². The summed E-state index contributed by atoms with van der Waals surface area (Å²) in [5, 5.41) is 10.3. The number of aromatic nitrogens is 3. The first-order valence-electron chi connectivity index (χ1n) is 10.2. The Balaban J connectivity index is 1.53. The standard InChI is InChI=1S/C22H25F2N5O/c1-13(2)11-29-9-7-19(17(23)12-29)26-22(30)20-16-10-14(5-6-18(16)27-28-20)15-4-3-8-25-21(15)24/h3-6,8,10,13,17,19H,7,9,11-12H2,1-2H3,(H,26,30)(H,27,28)/t17-,19+/m0/s1. The number of hydrogen-bond acceptors (Lipinski definition) is 4. The largest absolute Gasteiger partial charge is 0.345 e. The Morgan fingerprint density at radius 2 is 2.20 bits per heavy atom. The first-order chi connectivity index (χ1) is 14.4. The average molecular weight is 413 g/mol. The first-order valence-corrected chi connectivity index (χ1v) is 10.2. The number of benzene rings is 1. The number of rotatable bonds is 5. The van der Waals surface area contributed by atoms with Gasteiger partial charge in [-0.15, -0.1) is 0 Å². The summed E-state index contributed by atoms with van der Waals surface area (Å²) in [7, 11) is 0. The maximum Gasteiger partial charge on any atom is 0.272 e. The van der Waals surface area contributed by atoms with Crippen molar-refractivity contribution in [2.45, 2.75) is 32.5 Å². The van der Waals surface area contributed by atoms with Gasteiger partial charge in [0.2, 0.25) is 5.95 Å². The van der Waals surface area contributed by atoms with E-state index in [4.69, 9.17) is 0 Å². The number of carbonyl (C=O) groups is 1. The van der Waals surface area contributed by atoms with Crippen LogP contribution < -0.4 is 5.32 Å². The van der Waals surface area contributed by atoms with E-state index >= 15 is 0 Å². The Morgan fingerprint density at radius 1 is 1.37 bits per heavy atom. The fourth-order valence-corrected chi connectivity index (χ4v) is 4.01. The third-order valence-electron chi connectivity index (χ3n) is 5.41. The Morgan fingerprint density at radius 3 is 2.93 bits per heavy atom. The molecule has 158 valence electrons. The second-order valence-corrected chi connectivity index (χ2v) is 8.21. The number of alkyl halides is 1. The van der Waals surface area contributed by atoms with Crippen molar-refractivity contribution in [1.29, 1.82) is 0 Å². The van der Waals surface area contributed by atoms with Gasteiger partial charge in [0, 0.05) is 36.8 Å². The van der Waals surface area contributed by atoms with Crippen molar-refractivity contribution < 1.29 is 13.6 Å². The molecule has 8 heteroatoms. The first kappa shape index (κ1) is 20.4. The zero-order valence-corrected chi connectivity index (χ0v) is 17.0. The molecule has 3 heterocycles. The minimum absolute atomic E-state index is 0.174. The zero-order chi connectivity index (χ0) is 21.3. The van der Waals surface area contributed by atoms with Crippen molar-refractivity contribution >= 4 is 16.8 Å². The smallest absolute Gasteiger partial charge is 0.272 e. The number of piperidine rings is 1. The molecule has 0 aliphatic carbocycles. The van der Waals surface area contributed by atoms with Crippen LogP contribution in [0.4, 0.5) is 8.78 Å². The summed E-state index contributed by atoms with van der Waals surface area (Å²) in [6, 6.07) is 7.91. The molecule has 6 nitrogen and oxygen atoms in total. The predicted molar refractivity (Wildman–Crippen MR) is 111 cm³/mol.